The topological polar surface area (TPSA) is 9.23 Å². The van der Waals surface area contributed by atoms with Crippen LogP contribution >= 0.6 is 0 Å². The van der Waals surface area contributed by atoms with E-state index in [4.69, 9.17) is 4.74 Å². The van der Waals surface area contributed by atoms with E-state index in [1.807, 2.05) is 30.3 Å². The van der Waals surface area contributed by atoms with E-state index in [-0.39, 0.29) is 5.82 Å². The van der Waals surface area contributed by atoms with Crippen LogP contribution in [0.1, 0.15) is 45.4 Å². The van der Waals surface area contributed by atoms with Gasteiger partial charge in [0.1, 0.15) is 11.6 Å². The van der Waals surface area contributed by atoms with Gasteiger partial charge in [-0.2, -0.15) is 0 Å². The zero-order valence-corrected chi connectivity index (χ0v) is 13.3. The Morgan fingerprint density at radius 2 is 1.64 bits per heavy atom. The Labute approximate surface area is 133 Å². The molecule has 117 valence electrons. The molecule has 0 spiro atoms. The Kier molecular flexibility index (Phi) is 6.95. The molecule has 0 bridgehead atoms. The molecule has 1 radical (unpaired) electrons. The molecule has 0 unspecified atom stereocenters. The Balaban J connectivity index is 1.75. The van der Waals surface area contributed by atoms with Gasteiger partial charge in [0.25, 0.3) is 0 Å². The van der Waals surface area contributed by atoms with Gasteiger partial charge in [0.2, 0.25) is 0 Å². The van der Waals surface area contributed by atoms with Crippen LogP contribution in [0.4, 0.5) is 4.39 Å². The molecule has 0 heterocycles. The van der Waals surface area contributed by atoms with Gasteiger partial charge >= 0.3 is 0 Å². The van der Waals surface area contributed by atoms with Crippen molar-refractivity contribution in [2.24, 2.45) is 0 Å². The fraction of sp³-hybridized carbons (Fsp3) is 0.400. The maximum Gasteiger partial charge on any atom is 0.131 e. The smallest absolute Gasteiger partial charge is 0.131 e. The van der Waals surface area contributed by atoms with Crippen molar-refractivity contribution in [2.45, 2.75) is 45.4 Å². The quantitative estimate of drug-likeness (QED) is 0.513. The van der Waals surface area contributed by atoms with Crippen LogP contribution in [0, 0.1) is 11.9 Å². The molecule has 2 aromatic carbocycles. The van der Waals surface area contributed by atoms with Gasteiger partial charge in [0.05, 0.1) is 6.61 Å². The molecule has 0 aliphatic carbocycles. The van der Waals surface area contributed by atoms with E-state index >= 15 is 0 Å². The van der Waals surface area contributed by atoms with Crippen molar-refractivity contribution in [1.29, 1.82) is 0 Å². The molecule has 0 aliphatic rings. The molecule has 0 aliphatic heterocycles. The largest absolute Gasteiger partial charge is 0.494 e. The summed E-state index contributed by atoms with van der Waals surface area (Å²) in [6.45, 7) is 3.00. The van der Waals surface area contributed by atoms with Crippen LogP contribution in [-0.4, -0.2) is 6.61 Å². The maximum atomic E-state index is 13.2. The molecular weight excluding hydrogens is 275 g/mol. The molecule has 0 fully saturated rings. The standard InChI is InChI=1S/C20H24FO/c1-2-3-4-5-6-7-15-22-20-13-11-17(12-14-20)18-9-8-10-19(21)16-18/h8-9,11-14,16H,2-7,15H2,1H3. The second-order valence-electron chi connectivity index (χ2n) is 5.57. The first kappa shape index (κ1) is 16.5. The average molecular weight is 299 g/mol. The zero-order chi connectivity index (χ0) is 15.6. The monoisotopic (exact) mass is 299 g/mol. The summed E-state index contributed by atoms with van der Waals surface area (Å²) in [4.78, 5) is 0. The lowest BCUT2D eigenvalue weighted by atomic mass is 10.1. The Hall–Kier alpha value is -1.83. The predicted octanol–water partition coefficient (Wildman–Crippen LogP) is 6.03. The van der Waals surface area contributed by atoms with Crippen LogP contribution in [0.25, 0.3) is 11.1 Å². The third-order valence-corrected chi connectivity index (χ3v) is 3.72. The molecular formula is C20H24FO. The molecule has 0 saturated heterocycles. The van der Waals surface area contributed by atoms with Gasteiger partial charge in [-0.25, -0.2) is 4.39 Å². The third kappa shape index (κ3) is 5.51. The molecule has 0 amide bonds. The highest BCUT2D eigenvalue weighted by Crippen LogP contribution is 2.23. The van der Waals surface area contributed by atoms with Crippen LogP contribution in [0.2, 0.25) is 0 Å². The molecule has 2 heteroatoms. The van der Waals surface area contributed by atoms with Crippen molar-refractivity contribution < 1.29 is 9.13 Å². The highest BCUT2D eigenvalue weighted by Gasteiger charge is 2.00. The lowest BCUT2D eigenvalue weighted by Crippen LogP contribution is -1.97. The lowest BCUT2D eigenvalue weighted by molar-refractivity contribution is 0.304. The minimum absolute atomic E-state index is 0.333. The Bertz CT molecular complexity index is 548. The third-order valence-electron chi connectivity index (χ3n) is 3.72. The second kappa shape index (κ2) is 9.24. The molecule has 2 rings (SSSR count). The molecule has 0 N–H and O–H groups in total. The van der Waals surface area contributed by atoms with E-state index in [1.54, 1.807) is 6.07 Å². The van der Waals surface area contributed by atoms with Gasteiger partial charge in [-0.15, -0.1) is 0 Å². The number of hydrogen-bond acceptors (Lipinski definition) is 1. The minimum atomic E-state index is -0.333. The van der Waals surface area contributed by atoms with Crippen LogP contribution in [0.15, 0.2) is 42.5 Å². The number of hydrogen-bond donors (Lipinski definition) is 0. The second-order valence-corrected chi connectivity index (χ2v) is 5.57. The number of ether oxygens (including phenoxy) is 1. The van der Waals surface area contributed by atoms with Crippen molar-refractivity contribution in [3.63, 3.8) is 0 Å². The molecule has 1 nitrogen and oxygen atoms in total. The number of unbranched alkanes of at least 4 members (excludes halogenated alkanes) is 5. The van der Waals surface area contributed by atoms with Crippen LogP contribution < -0.4 is 4.74 Å². The van der Waals surface area contributed by atoms with Gasteiger partial charge in [-0.05, 0) is 35.7 Å². The molecule has 0 atom stereocenters. The summed E-state index contributed by atoms with van der Waals surface area (Å²) in [6.07, 6.45) is 7.58. The fourth-order valence-corrected chi connectivity index (χ4v) is 2.43. The highest BCUT2D eigenvalue weighted by atomic mass is 19.1. The van der Waals surface area contributed by atoms with Gasteiger partial charge in [0, 0.05) is 6.07 Å². The first-order chi connectivity index (χ1) is 10.8. The molecule has 0 saturated carbocycles. The number of benzene rings is 2. The van der Waals surface area contributed by atoms with E-state index < -0.39 is 0 Å². The molecule has 22 heavy (non-hydrogen) atoms. The summed E-state index contributed by atoms with van der Waals surface area (Å²) in [7, 11) is 0. The SMILES string of the molecule is CCCCCCCCOc1ccc(-c2cc[c]c(F)c2)cc1. The Morgan fingerprint density at radius 3 is 2.36 bits per heavy atom. The van der Waals surface area contributed by atoms with E-state index in [0.717, 1.165) is 29.9 Å². The van der Waals surface area contributed by atoms with Crippen molar-refractivity contribution in [3.8, 4) is 16.9 Å². The normalized spacial score (nSPS) is 10.6. The summed E-state index contributed by atoms with van der Waals surface area (Å²) in [6, 6.07) is 15.3. The van der Waals surface area contributed by atoms with E-state index in [1.165, 1.54) is 38.2 Å². The highest BCUT2D eigenvalue weighted by molar-refractivity contribution is 5.63. The van der Waals surface area contributed by atoms with Crippen molar-refractivity contribution in [1.82, 2.24) is 0 Å². The van der Waals surface area contributed by atoms with Crippen LogP contribution in [0.5, 0.6) is 5.75 Å². The van der Waals surface area contributed by atoms with Crippen molar-refractivity contribution in [3.05, 3.63) is 54.3 Å². The minimum Gasteiger partial charge on any atom is -0.494 e. The summed E-state index contributed by atoms with van der Waals surface area (Å²) < 4.78 is 18.9. The Morgan fingerprint density at radius 1 is 0.909 bits per heavy atom. The van der Waals surface area contributed by atoms with Gasteiger partial charge in [-0.3, -0.25) is 0 Å². The summed E-state index contributed by atoms with van der Waals surface area (Å²) >= 11 is 0. The molecule has 2 aromatic rings. The summed E-state index contributed by atoms with van der Waals surface area (Å²) in [5.41, 5.74) is 1.85. The number of rotatable bonds is 9. The average Bonchev–Trinajstić information content (AvgIpc) is 2.55. The zero-order valence-electron chi connectivity index (χ0n) is 13.3. The predicted molar refractivity (Wildman–Crippen MR) is 89.5 cm³/mol. The number of halogens is 1. The first-order valence-corrected chi connectivity index (χ1v) is 8.20. The van der Waals surface area contributed by atoms with E-state index in [0.29, 0.717) is 0 Å². The molecule has 0 aromatic heterocycles. The first-order valence-electron chi connectivity index (χ1n) is 8.20. The summed E-state index contributed by atoms with van der Waals surface area (Å²) in [5, 5.41) is 0. The van der Waals surface area contributed by atoms with E-state index in [2.05, 4.69) is 13.0 Å². The van der Waals surface area contributed by atoms with Gasteiger partial charge in [-0.1, -0.05) is 63.3 Å². The van der Waals surface area contributed by atoms with Crippen LogP contribution in [0.3, 0.4) is 0 Å². The summed E-state index contributed by atoms with van der Waals surface area (Å²) in [5.74, 6) is 0.543. The fourth-order valence-electron chi connectivity index (χ4n) is 2.43. The van der Waals surface area contributed by atoms with Gasteiger partial charge in [0.15, 0.2) is 0 Å². The lowest BCUT2D eigenvalue weighted by Gasteiger charge is -2.07. The van der Waals surface area contributed by atoms with Crippen LogP contribution in [-0.2, 0) is 0 Å². The van der Waals surface area contributed by atoms with Crippen molar-refractivity contribution >= 4 is 0 Å². The van der Waals surface area contributed by atoms with Crippen molar-refractivity contribution in [2.75, 3.05) is 6.61 Å². The maximum absolute atomic E-state index is 13.2. The van der Waals surface area contributed by atoms with E-state index in [9.17, 15) is 4.39 Å². The van der Waals surface area contributed by atoms with Gasteiger partial charge < -0.3 is 4.74 Å².